The van der Waals surface area contributed by atoms with E-state index in [9.17, 15) is 4.79 Å². The molecule has 3 N–H and O–H groups in total. The molecule has 0 aromatic heterocycles. The van der Waals surface area contributed by atoms with Crippen LogP contribution in [0.2, 0.25) is 0 Å². The molecule has 1 saturated heterocycles. The number of hydrogen-bond acceptors (Lipinski definition) is 4. The van der Waals surface area contributed by atoms with Crippen molar-refractivity contribution in [1.29, 1.82) is 5.26 Å². The zero-order valence-electron chi connectivity index (χ0n) is 6.45. The number of rotatable bonds is 0. The normalized spacial score (nSPS) is 21.1. The summed E-state index contributed by atoms with van der Waals surface area (Å²) in [6.07, 6.45) is 0.496. The van der Waals surface area contributed by atoms with Crippen molar-refractivity contribution < 1.29 is 28.8 Å². The second kappa shape index (κ2) is 4.94. The Morgan fingerprint density at radius 1 is 1.54 bits per heavy atom. The SMILES string of the molecule is N#CC1CCC(=O)O1.O=P(O)(O)O. The first kappa shape index (κ1) is 12.1. The van der Waals surface area contributed by atoms with E-state index in [0.29, 0.717) is 12.8 Å². The lowest BCUT2D eigenvalue weighted by atomic mass is 10.3. The summed E-state index contributed by atoms with van der Waals surface area (Å²) in [7, 11) is -4.64. The fourth-order valence-corrected chi connectivity index (χ4v) is 0.616. The minimum atomic E-state index is -4.64. The molecular weight excluding hydrogens is 201 g/mol. The van der Waals surface area contributed by atoms with Crippen molar-refractivity contribution in [3.8, 4) is 6.07 Å². The van der Waals surface area contributed by atoms with Crippen molar-refractivity contribution in [3.05, 3.63) is 0 Å². The van der Waals surface area contributed by atoms with Gasteiger partial charge in [0.05, 0.1) is 6.42 Å². The molecule has 0 aliphatic carbocycles. The molecule has 1 heterocycles. The van der Waals surface area contributed by atoms with Gasteiger partial charge in [0.25, 0.3) is 0 Å². The Bertz CT molecular complexity index is 256. The van der Waals surface area contributed by atoms with Crippen molar-refractivity contribution in [2.75, 3.05) is 0 Å². The molecule has 74 valence electrons. The Morgan fingerprint density at radius 3 is 2.15 bits per heavy atom. The van der Waals surface area contributed by atoms with Gasteiger partial charge in [-0.25, -0.2) is 4.57 Å². The van der Waals surface area contributed by atoms with Gasteiger partial charge in [0.2, 0.25) is 0 Å². The van der Waals surface area contributed by atoms with Crippen LogP contribution in [0.3, 0.4) is 0 Å². The molecular formula is C5H8NO6P. The lowest BCUT2D eigenvalue weighted by molar-refractivity contribution is -0.139. The maximum Gasteiger partial charge on any atom is 0.466 e. The van der Waals surface area contributed by atoms with Crippen LogP contribution in [0.1, 0.15) is 12.8 Å². The third-order valence-corrected chi connectivity index (χ3v) is 1.03. The van der Waals surface area contributed by atoms with E-state index in [1.165, 1.54) is 0 Å². The summed E-state index contributed by atoms with van der Waals surface area (Å²) in [5.41, 5.74) is 0. The summed E-state index contributed by atoms with van der Waals surface area (Å²) < 4.78 is 13.4. The maximum atomic E-state index is 10.2. The van der Waals surface area contributed by atoms with E-state index in [1.54, 1.807) is 0 Å². The molecule has 1 unspecified atom stereocenters. The van der Waals surface area contributed by atoms with Crippen molar-refractivity contribution >= 4 is 13.8 Å². The molecule has 0 aromatic rings. The second-order valence-electron chi connectivity index (χ2n) is 2.16. The fraction of sp³-hybridized carbons (Fsp3) is 0.600. The molecule has 1 aliphatic heterocycles. The molecule has 1 aliphatic rings. The minimum absolute atomic E-state index is 0.253. The number of nitriles is 1. The zero-order chi connectivity index (χ0) is 10.5. The van der Waals surface area contributed by atoms with Gasteiger partial charge in [-0.15, -0.1) is 0 Å². The van der Waals surface area contributed by atoms with Gasteiger partial charge in [0, 0.05) is 6.42 Å². The average Bonchev–Trinajstić information content (AvgIpc) is 2.31. The number of esters is 1. The summed E-state index contributed by atoms with van der Waals surface area (Å²) in [5.74, 6) is -0.253. The van der Waals surface area contributed by atoms with Crippen LogP contribution in [0.5, 0.6) is 0 Å². The molecule has 13 heavy (non-hydrogen) atoms. The van der Waals surface area contributed by atoms with Crippen LogP contribution >= 0.6 is 7.82 Å². The highest BCUT2D eigenvalue weighted by atomic mass is 31.2. The van der Waals surface area contributed by atoms with Gasteiger partial charge >= 0.3 is 13.8 Å². The number of ether oxygens (including phenoxy) is 1. The van der Waals surface area contributed by atoms with Crippen molar-refractivity contribution in [1.82, 2.24) is 0 Å². The monoisotopic (exact) mass is 209 g/mol. The predicted molar refractivity (Wildman–Crippen MR) is 39.0 cm³/mol. The number of phosphoric acid groups is 1. The Hall–Kier alpha value is -0.930. The van der Waals surface area contributed by atoms with Gasteiger partial charge in [0.15, 0.2) is 6.10 Å². The average molecular weight is 209 g/mol. The van der Waals surface area contributed by atoms with E-state index in [0.717, 1.165) is 0 Å². The van der Waals surface area contributed by atoms with E-state index in [-0.39, 0.29) is 5.97 Å². The summed E-state index contributed by atoms with van der Waals surface area (Å²) in [6.45, 7) is 0. The van der Waals surface area contributed by atoms with Gasteiger partial charge in [0.1, 0.15) is 6.07 Å². The predicted octanol–water partition coefficient (Wildman–Crippen LogP) is -0.713. The van der Waals surface area contributed by atoms with Gasteiger partial charge < -0.3 is 19.4 Å². The summed E-state index contributed by atoms with van der Waals surface area (Å²) in [6, 6.07) is 1.85. The van der Waals surface area contributed by atoms with Crippen molar-refractivity contribution in [2.45, 2.75) is 18.9 Å². The highest BCUT2D eigenvalue weighted by Gasteiger charge is 2.21. The lowest BCUT2D eigenvalue weighted by Crippen LogP contribution is -2.01. The Morgan fingerprint density at radius 2 is 2.00 bits per heavy atom. The second-order valence-corrected chi connectivity index (χ2v) is 3.19. The first-order chi connectivity index (χ1) is 5.83. The van der Waals surface area contributed by atoms with Crippen molar-refractivity contribution in [2.24, 2.45) is 0 Å². The highest BCUT2D eigenvalue weighted by molar-refractivity contribution is 7.45. The molecule has 0 radical (unpaired) electrons. The molecule has 8 heteroatoms. The first-order valence-corrected chi connectivity index (χ1v) is 4.77. The van der Waals surface area contributed by atoms with Crippen molar-refractivity contribution in [3.63, 3.8) is 0 Å². The number of nitrogens with zero attached hydrogens (tertiary/aromatic N) is 1. The lowest BCUT2D eigenvalue weighted by Gasteiger charge is -1.92. The van der Waals surface area contributed by atoms with Crippen LogP contribution in [0.4, 0.5) is 0 Å². The third kappa shape index (κ3) is 8.98. The van der Waals surface area contributed by atoms with E-state index in [4.69, 9.17) is 24.5 Å². The Kier molecular flexibility index (Phi) is 4.59. The molecule has 0 bridgehead atoms. The summed E-state index contributed by atoms with van der Waals surface area (Å²) in [4.78, 5) is 31.8. The molecule has 0 saturated carbocycles. The molecule has 0 amide bonds. The number of cyclic esters (lactones) is 1. The van der Waals surface area contributed by atoms with E-state index >= 15 is 0 Å². The number of carbonyl (C=O) groups excluding carboxylic acids is 1. The smallest absolute Gasteiger partial charge is 0.447 e. The molecule has 7 nitrogen and oxygen atoms in total. The molecule has 1 atom stereocenters. The van der Waals surface area contributed by atoms with Crippen LogP contribution in [0.15, 0.2) is 0 Å². The first-order valence-electron chi connectivity index (χ1n) is 3.20. The van der Waals surface area contributed by atoms with Crippen LogP contribution in [0, 0.1) is 11.3 Å². The number of hydrogen-bond donors (Lipinski definition) is 3. The van der Waals surface area contributed by atoms with Gasteiger partial charge in [-0.1, -0.05) is 0 Å². The van der Waals surface area contributed by atoms with Crippen LogP contribution in [0.25, 0.3) is 0 Å². The maximum absolute atomic E-state index is 10.2. The largest absolute Gasteiger partial charge is 0.466 e. The van der Waals surface area contributed by atoms with Gasteiger partial charge in [-0.3, -0.25) is 4.79 Å². The fourth-order valence-electron chi connectivity index (χ4n) is 0.616. The van der Waals surface area contributed by atoms with Crippen LogP contribution < -0.4 is 0 Å². The van der Waals surface area contributed by atoms with E-state index < -0.39 is 13.9 Å². The Balaban J connectivity index is 0.000000252. The molecule has 0 spiro atoms. The third-order valence-electron chi connectivity index (χ3n) is 1.03. The van der Waals surface area contributed by atoms with Gasteiger partial charge in [-0.05, 0) is 0 Å². The standard InChI is InChI=1S/C5H5NO2.H3O4P/c6-3-4-1-2-5(7)8-4;1-5(2,3)4/h4H,1-2H2;(H3,1,2,3,4). The molecule has 1 rings (SSSR count). The highest BCUT2D eigenvalue weighted by Crippen LogP contribution is 2.25. The quantitative estimate of drug-likeness (QED) is 0.355. The van der Waals surface area contributed by atoms with Crippen LogP contribution in [-0.4, -0.2) is 26.8 Å². The number of carbonyl (C=O) groups is 1. The minimum Gasteiger partial charge on any atom is -0.447 e. The Labute approximate surface area is 73.8 Å². The summed E-state index contributed by atoms with van der Waals surface area (Å²) in [5, 5.41) is 8.16. The topological polar surface area (TPSA) is 128 Å². The molecule has 0 aromatic carbocycles. The zero-order valence-corrected chi connectivity index (χ0v) is 7.35. The van der Waals surface area contributed by atoms with Crippen LogP contribution in [-0.2, 0) is 14.1 Å². The summed E-state index contributed by atoms with van der Waals surface area (Å²) >= 11 is 0. The van der Waals surface area contributed by atoms with Gasteiger partial charge in [-0.2, -0.15) is 5.26 Å². The van der Waals surface area contributed by atoms with E-state index in [2.05, 4.69) is 4.74 Å². The van der Waals surface area contributed by atoms with E-state index in [1.807, 2.05) is 6.07 Å². The molecule has 1 fully saturated rings.